The third-order valence-corrected chi connectivity index (χ3v) is 6.24. The summed E-state index contributed by atoms with van der Waals surface area (Å²) in [5, 5.41) is 0.975. The highest BCUT2D eigenvalue weighted by molar-refractivity contribution is 7.93. The van der Waals surface area contributed by atoms with Crippen LogP contribution in [-0.4, -0.2) is 19.4 Å². The van der Waals surface area contributed by atoms with E-state index in [9.17, 15) is 13.2 Å². The van der Waals surface area contributed by atoms with Gasteiger partial charge in [0.1, 0.15) is 5.25 Å². The first-order chi connectivity index (χ1) is 12.3. The molecule has 0 saturated heterocycles. The highest BCUT2D eigenvalue weighted by Crippen LogP contribution is 2.34. The molecule has 0 aliphatic heterocycles. The molecule has 1 unspecified atom stereocenters. The van der Waals surface area contributed by atoms with Crippen molar-refractivity contribution in [1.82, 2.24) is 4.98 Å². The molecule has 6 nitrogen and oxygen atoms in total. The number of benzene rings is 1. The fourth-order valence-corrected chi connectivity index (χ4v) is 4.74. The van der Waals surface area contributed by atoms with Crippen LogP contribution in [0.4, 0.5) is 5.13 Å². The Morgan fingerprint density at radius 2 is 2.19 bits per heavy atom. The van der Waals surface area contributed by atoms with Crippen LogP contribution in [0.3, 0.4) is 0 Å². The number of anilines is 1. The van der Waals surface area contributed by atoms with Crippen molar-refractivity contribution in [2.24, 2.45) is 0 Å². The number of aromatic nitrogens is 1. The molecule has 0 amide bonds. The largest absolute Gasteiger partial charge is 0.406 e. The Hall–Kier alpha value is -1.61. The van der Waals surface area contributed by atoms with Crippen LogP contribution >= 0.6 is 34.5 Å². The molecular formula is C16H16Cl2N2O4S2. The van der Waals surface area contributed by atoms with Gasteiger partial charge < -0.3 is 4.74 Å². The zero-order chi connectivity index (χ0) is 19.3. The fraction of sp³-hybridized carbons (Fsp3) is 0.250. The molecule has 0 aliphatic carbocycles. The molecular weight excluding hydrogens is 419 g/mol. The van der Waals surface area contributed by atoms with Crippen molar-refractivity contribution in [3.05, 3.63) is 51.8 Å². The maximum Gasteiger partial charge on any atom is 0.312 e. The molecule has 0 saturated carbocycles. The number of hydrogen-bond donors (Lipinski definition) is 1. The van der Waals surface area contributed by atoms with Crippen molar-refractivity contribution >= 4 is 55.7 Å². The number of hydrogen-bond acceptors (Lipinski definition) is 6. The molecule has 1 aromatic carbocycles. The summed E-state index contributed by atoms with van der Waals surface area (Å²) in [7, 11) is -3.95. The Morgan fingerprint density at radius 1 is 1.46 bits per heavy atom. The highest BCUT2D eigenvalue weighted by Gasteiger charge is 2.28. The second-order valence-corrected chi connectivity index (χ2v) is 8.69. The number of rotatable bonds is 8. The third-order valence-electron chi connectivity index (χ3n) is 3.20. The number of carbonyl (C=O) groups excluding carboxylic acids is 1. The van der Waals surface area contributed by atoms with Crippen LogP contribution in [-0.2, 0) is 14.8 Å². The van der Waals surface area contributed by atoms with E-state index >= 15 is 0 Å². The lowest BCUT2D eigenvalue weighted by molar-refractivity contribution is -0.134. The van der Waals surface area contributed by atoms with E-state index in [4.69, 9.17) is 27.9 Å². The van der Waals surface area contributed by atoms with Gasteiger partial charge in [0.2, 0.25) is 15.9 Å². The second-order valence-electron chi connectivity index (χ2n) is 5.18. The fourth-order valence-electron chi connectivity index (χ4n) is 2.06. The van der Waals surface area contributed by atoms with Crippen LogP contribution in [0.2, 0.25) is 10.0 Å². The van der Waals surface area contributed by atoms with Crippen molar-refractivity contribution in [1.29, 1.82) is 0 Å². The molecule has 10 heteroatoms. The van der Waals surface area contributed by atoms with Gasteiger partial charge in [0.25, 0.3) is 0 Å². The lowest BCUT2D eigenvalue weighted by Gasteiger charge is -2.16. The van der Waals surface area contributed by atoms with E-state index in [0.717, 1.165) is 11.3 Å². The Labute approximate surface area is 165 Å². The predicted octanol–water partition coefficient (Wildman–Crippen LogP) is 4.82. The smallest absolute Gasteiger partial charge is 0.312 e. The summed E-state index contributed by atoms with van der Waals surface area (Å²) in [6.07, 6.45) is 2.14. The summed E-state index contributed by atoms with van der Waals surface area (Å²) in [5.41, 5.74) is 0.299. The number of thiazole rings is 1. The maximum absolute atomic E-state index is 12.7. The SMILES string of the molecule is C=CC(c1cc(Cl)ccc1Cl)S(=O)(=O)Nc1nc(OC(=O)CCC)cs1. The summed E-state index contributed by atoms with van der Waals surface area (Å²) < 4.78 is 32.8. The number of ether oxygens (including phenoxy) is 1. The summed E-state index contributed by atoms with van der Waals surface area (Å²) in [4.78, 5) is 15.4. The molecule has 2 aromatic rings. The van der Waals surface area contributed by atoms with Crippen molar-refractivity contribution in [2.45, 2.75) is 25.0 Å². The van der Waals surface area contributed by atoms with Gasteiger partial charge in [0.05, 0.1) is 5.38 Å². The van der Waals surface area contributed by atoms with Gasteiger partial charge in [-0.1, -0.05) is 36.2 Å². The van der Waals surface area contributed by atoms with Crippen LogP contribution in [0.5, 0.6) is 5.88 Å². The van der Waals surface area contributed by atoms with Gasteiger partial charge in [-0.15, -0.1) is 17.9 Å². The minimum Gasteiger partial charge on any atom is -0.406 e. The number of nitrogens with zero attached hydrogens (tertiary/aromatic N) is 1. The summed E-state index contributed by atoms with van der Waals surface area (Å²) >= 11 is 13.0. The molecule has 0 fully saturated rings. The number of sulfonamides is 1. The molecule has 1 aromatic heterocycles. The molecule has 0 radical (unpaired) electrons. The quantitative estimate of drug-likeness (QED) is 0.475. The van der Waals surface area contributed by atoms with E-state index in [0.29, 0.717) is 17.0 Å². The second kappa shape index (κ2) is 8.85. The minimum absolute atomic E-state index is 0.0436. The minimum atomic E-state index is -3.95. The lowest BCUT2D eigenvalue weighted by Crippen LogP contribution is -2.20. The monoisotopic (exact) mass is 434 g/mol. The van der Waals surface area contributed by atoms with Gasteiger partial charge in [-0.05, 0) is 30.2 Å². The van der Waals surface area contributed by atoms with E-state index in [1.54, 1.807) is 6.07 Å². The summed E-state index contributed by atoms with van der Waals surface area (Å²) in [6, 6.07) is 4.54. The number of halogens is 2. The van der Waals surface area contributed by atoms with E-state index < -0.39 is 21.2 Å². The van der Waals surface area contributed by atoms with Gasteiger partial charge in [-0.2, -0.15) is 4.98 Å². The Bertz CT molecular complexity index is 913. The number of esters is 1. The van der Waals surface area contributed by atoms with E-state index in [2.05, 4.69) is 16.3 Å². The lowest BCUT2D eigenvalue weighted by atomic mass is 10.1. The number of nitrogens with one attached hydrogen (secondary N) is 1. The molecule has 1 atom stereocenters. The van der Waals surface area contributed by atoms with E-state index in [1.165, 1.54) is 23.6 Å². The predicted molar refractivity (Wildman–Crippen MR) is 105 cm³/mol. The zero-order valence-electron chi connectivity index (χ0n) is 13.7. The van der Waals surface area contributed by atoms with Gasteiger partial charge in [0, 0.05) is 16.5 Å². The third kappa shape index (κ3) is 5.20. The molecule has 2 rings (SSSR count). The van der Waals surface area contributed by atoms with Crippen LogP contribution < -0.4 is 9.46 Å². The van der Waals surface area contributed by atoms with Crippen LogP contribution in [0, 0.1) is 0 Å². The van der Waals surface area contributed by atoms with Gasteiger partial charge in [-0.3, -0.25) is 9.52 Å². The first-order valence-electron chi connectivity index (χ1n) is 7.52. The molecule has 140 valence electrons. The molecule has 0 bridgehead atoms. The number of carbonyl (C=O) groups is 1. The van der Waals surface area contributed by atoms with Crippen molar-refractivity contribution in [3.63, 3.8) is 0 Å². The summed E-state index contributed by atoms with van der Waals surface area (Å²) in [6.45, 7) is 5.42. The van der Waals surface area contributed by atoms with Crippen LogP contribution in [0.1, 0.15) is 30.6 Å². The molecule has 0 aliphatic rings. The van der Waals surface area contributed by atoms with Gasteiger partial charge in [-0.25, -0.2) is 8.42 Å². The summed E-state index contributed by atoms with van der Waals surface area (Å²) in [5.74, 6) is -0.385. The molecule has 1 N–H and O–H groups in total. The van der Waals surface area contributed by atoms with Gasteiger partial charge in [0.15, 0.2) is 5.13 Å². The zero-order valence-corrected chi connectivity index (χ0v) is 16.9. The molecule has 1 heterocycles. The topological polar surface area (TPSA) is 85.4 Å². The first-order valence-corrected chi connectivity index (χ1v) is 10.7. The normalized spacial score (nSPS) is 12.4. The average molecular weight is 435 g/mol. The van der Waals surface area contributed by atoms with Crippen LogP contribution in [0.25, 0.3) is 0 Å². The standard InChI is InChI=1S/C16H16Cl2N2O4S2/c1-3-5-15(21)24-14-9-25-16(19-14)20-26(22,23)13(4-2)11-8-10(17)6-7-12(11)18/h4,6-9,13H,2-3,5H2,1H3,(H,19,20). The van der Waals surface area contributed by atoms with E-state index in [1.807, 2.05) is 6.92 Å². The first kappa shape index (κ1) is 20.7. The molecule has 0 spiro atoms. The van der Waals surface area contributed by atoms with Gasteiger partial charge >= 0.3 is 5.97 Å². The Balaban J connectivity index is 2.21. The van der Waals surface area contributed by atoms with Crippen molar-refractivity contribution in [3.8, 4) is 5.88 Å². The highest BCUT2D eigenvalue weighted by atomic mass is 35.5. The van der Waals surface area contributed by atoms with Crippen LogP contribution in [0.15, 0.2) is 36.2 Å². The average Bonchev–Trinajstić information content (AvgIpc) is 2.97. The maximum atomic E-state index is 12.7. The molecule has 26 heavy (non-hydrogen) atoms. The van der Waals surface area contributed by atoms with Crippen molar-refractivity contribution in [2.75, 3.05) is 4.72 Å². The van der Waals surface area contributed by atoms with E-state index in [-0.39, 0.29) is 22.5 Å². The van der Waals surface area contributed by atoms with Crippen molar-refractivity contribution < 1.29 is 17.9 Å². The Morgan fingerprint density at radius 3 is 2.85 bits per heavy atom. The Kier molecular flexibility index (Phi) is 7.05.